The van der Waals surface area contributed by atoms with E-state index in [-0.39, 0.29) is 35.5 Å². The monoisotopic (exact) mass is 259 g/mol. The quantitative estimate of drug-likeness (QED) is 0.804. The second kappa shape index (κ2) is 6.40. The van der Waals surface area contributed by atoms with Crippen molar-refractivity contribution in [2.45, 2.75) is 33.2 Å². The first-order chi connectivity index (χ1) is 7.95. The Balaban J connectivity index is 2.54. The van der Waals surface area contributed by atoms with Gasteiger partial charge in [0.2, 0.25) is 5.91 Å². The number of hydrogen-bond acceptors (Lipinski definition) is 4. The first kappa shape index (κ1) is 14.5. The van der Waals surface area contributed by atoms with Crippen molar-refractivity contribution >= 4 is 22.8 Å². The van der Waals surface area contributed by atoms with Gasteiger partial charge in [-0.1, -0.05) is 25.6 Å². The first-order valence-electron chi connectivity index (χ1n) is 5.99. The van der Waals surface area contributed by atoms with Crippen LogP contribution in [0.3, 0.4) is 0 Å². The third-order valence-corrected chi connectivity index (χ3v) is 4.16. The summed E-state index contributed by atoms with van der Waals surface area (Å²) in [6.45, 7) is 6.24. The molecule has 1 N–H and O–H groups in total. The summed E-state index contributed by atoms with van der Waals surface area (Å²) >= 11 is 1.28. The lowest BCUT2D eigenvalue weighted by Crippen LogP contribution is -2.42. The molecule has 5 heteroatoms. The third-order valence-electron chi connectivity index (χ3n) is 3.12. The van der Waals surface area contributed by atoms with E-state index in [9.17, 15) is 14.7 Å². The fraction of sp³-hybridized carbons (Fsp3) is 0.833. The average molecular weight is 259 g/mol. The number of likely N-dealkylation sites (tertiary alicyclic amines) is 1. The van der Waals surface area contributed by atoms with Crippen molar-refractivity contribution in [1.82, 2.24) is 4.90 Å². The van der Waals surface area contributed by atoms with Gasteiger partial charge in [0, 0.05) is 25.6 Å². The standard InChI is InChI=1S/C12H21NO3S/c1-8(2)11(6-14)13-5-10(4-12(13)16)7-17-9(3)15/h8,10-11,14H,4-7H2,1-3H3/t10?,11-/m1/s1. The van der Waals surface area contributed by atoms with Gasteiger partial charge in [-0.15, -0.1) is 0 Å². The van der Waals surface area contributed by atoms with Crippen LogP contribution >= 0.6 is 11.8 Å². The molecule has 2 atom stereocenters. The van der Waals surface area contributed by atoms with Crippen molar-refractivity contribution < 1.29 is 14.7 Å². The molecule has 1 amide bonds. The highest BCUT2D eigenvalue weighted by Crippen LogP contribution is 2.26. The minimum Gasteiger partial charge on any atom is -0.394 e. The van der Waals surface area contributed by atoms with Gasteiger partial charge in [0.05, 0.1) is 12.6 Å². The van der Waals surface area contributed by atoms with Gasteiger partial charge in [0.25, 0.3) is 0 Å². The van der Waals surface area contributed by atoms with Gasteiger partial charge >= 0.3 is 0 Å². The molecule has 0 bridgehead atoms. The lowest BCUT2D eigenvalue weighted by Gasteiger charge is -2.29. The Bertz CT molecular complexity index is 293. The lowest BCUT2D eigenvalue weighted by molar-refractivity contribution is -0.131. The molecule has 1 unspecified atom stereocenters. The fourth-order valence-electron chi connectivity index (χ4n) is 2.15. The van der Waals surface area contributed by atoms with Gasteiger partial charge in [0.15, 0.2) is 5.12 Å². The van der Waals surface area contributed by atoms with Crippen LogP contribution in [0.25, 0.3) is 0 Å². The molecular weight excluding hydrogens is 238 g/mol. The van der Waals surface area contributed by atoms with Gasteiger partial charge in [0.1, 0.15) is 0 Å². The summed E-state index contributed by atoms with van der Waals surface area (Å²) in [5.74, 6) is 1.30. The van der Waals surface area contributed by atoms with Crippen LogP contribution in [0.15, 0.2) is 0 Å². The smallest absolute Gasteiger partial charge is 0.223 e. The molecule has 17 heavy (non-hydrogen) atoms. The Hall–Kier alpha value is -0.550. The van der Waals surface area contributed by atoms with E-state index in [1.807, 2.05) is 13.8 Å². The highest BCUT2D eigenvalue weighted by Gasteiger charge is 2.35. The number of nitrogens with zero attached hydrogens (tertiary/aromatic N) is 1. The van der Waals surface area contributed by atoms with Gasteiger partial charge in [-0.05, 0) is 11.8 Å². The van der Waals surface area contributed by atoms with Crippen LogP contribution in [-0.4, -0.2) is 46.0 Å². The molecule has 0 aromatic carbocycles. The number of aliphatic hydroxyl groups is 1. The number of aliphatic hydroxyl groups excluding tert-OH is 1. The minimum absolute atomic E-state index is 0.00990. The van der Waals surface area contributed by atoms with Gasteiger partial charge < -0.3 is 10.0 Å². The molecule has 0 aromatic rings. The normalized spacial score (nSPS) is 22.3. The Labute approximate surface area is 107 Å². The molecule has 1 saturated heterocycles. The fourth-order valence-corrected chi connectivity index (χ4v) is 2.84. The number of carbonyl (C=O) groups is 2. The van der Waals surface area contributed by atoms with Crippen LogP contribution in [0, 0.1) is 11.8 Å². The highest BCUT2D eigenvalue weighted by molar-refractivity contribution is 8.13. The summed E-state index contributed by atoms with van der Waals surface area (Å²) in [5, 5.41) is 9.42. The van der Waals surface area contributed by atoms with Gasteiger partial charge in [-0.3, -0.25) is 9.59 Å². The van der Waals surface area contributed by atoms with Crippen LogP contribution in [0.4, 0.5) is 0 Å². The van der Waals surface area contributed by atoms with Crippen molar-refractivity contribution in [3.8, 4) is 0 Å². The zero-order valence-corrected chi connectivity index (χ0v) is 11.5. The van der Waals surface area contributed by atoms with Crippen LogP contribution in [0.1, 0.15) is 27.2 Å². The molecule has 1 rings (SSSR count). The number of thioether (sulfide) groups is 1. The number of rotatable bonds is 5. The maximum Gasteiger partial charge on any atom is 0.223 e. The summed E-state index contributed by atoms with van der Waals surface area (Å²) in [4.78, 5) is 24.5. The molecule has 0 saturated carbocycles. The summed E-state index contributed by atoms with van der Waals surface area (Å²) in [7, 11) is 0. The lowest BCUT2D eigenvalue weighted by atomic mass is 10.0. The number of amides is 1. The minimum atomic E-state index is -0.0881. The largest absolute Gasteiger partial charge is 0.394 e. The van der Waals surface area contributed by atoms with E-state index in [1.165, 1.54) is 11.8 Å². The molecule has 0 spiro atoms. The second-order valence-electron chi connectivity index (χ2n) is 4.91. The topological polar surface area (TPSA) is 57.6 Å². The summed E-state index contributed by atoms with van der Waals surface area (Å²) in [6.07, 6.45) is 0.503. The SMILES string of the molecule is CC(=O)SCC1CC(=O)N([C@H](CO)C(C)C)C1. The molecule has 98 valence electrons. The van der Waals surface area contributed by atoms with Crippen molar-refractivity contribution in [2.75, 3.05) is 18.9 Å². The van der Waals surface area contributed by atoms with Crippen LogP contribution in [0.5, 0.6) is 0 Å². The molecule has 1 heterocycles. The maximum absolute atomic E-state index is 11.9. The van der Waals surface area contributed by atoms with E-state index >= 15 is 0 Å². The summed E-state index contributed by atoms with van der Waals surface area (Å²) in [6, 6.07) is -0.0881. The van der Waals surface area contributed by atoms with Crippen molar-refractivity contribution in [3.63, 3.8) is 0 Å². The predicted molar refractivity (Wildman–Crippen MR) is 68.7 cm³/mol. The number of carbonyl (C=O) groups excluding carboxylic acids is 2. The second-order valence-corrected chi connectivity index (χ2v) is 6.11. The average Bonchev–Trinajstić information content (AvgIpc) is 2.58. The van der Waals surface area contributed by atoms with Crippen LogP contribution in [0.2, 0.25) is 0 Å². The molecule has 1 aliphatic heterocycles. The Morgan fingerprint density at radius 1 is 1.59 bits per heavy atom. The molecule has 1 aliphatic rings. The van der Waals surface area contributed by atoms with Crippen molar-refractivity contribution in [2.24, 2.45) is 11.8 Å². The van der Waals surface area contributed by atoms with Crippen LogP contribution < -0.4 is 0 Å². The zero-order chi connectivity index (χ0) is 13.0. The van der Waals surface area contributed by atoms with E-state index in [2.05, 4.69) is 0 Å². The molecule has 0 radical (unpaired) electrons. The highest BCUT2D eigenvalue weighted by atomic mass is 32.2. The number of hydrogen-bond donors (Lipinski definition) is 1. The van der Waals surface area contributed by atoms with Crippen LogP contribution in [-0.2, 0) is 9.59 Å². The van der Waals surface area contributed by atoms with E-state index < -0.39 is 0 Å². The Morgan fingerprint density at radius 2 is 2.24 bits per heavy atom. The zero-order valence-electron chi connectivity index (χ0n) is 10.7. The van der Waals surface area contributed by atoms with E-state index in [1.54, 1.807) is 11.8 Å². The van der Waals surface area contributed by atoms with Gasteiger partial charge in [-0.2, -0.15) is 0 Å². The molecular formula is C12H21NO3S. The molecule has 4 nitrogen and oxygen atoms in total. The summed E-state index contributed by atoms with van der Waals surface area (Å²) < 4.78 is 0. The molecule has 0 aromatic heterocycles. The first-order valence-corrected chi connectivity index (χ1v) is 6.98. The third kappa shape index (κ3) is 4.00. The van der Waals surface area contributed by atoms with E-state index in [0.29, 0.717) is 18.7 Å². The van der Waals surface area contributed by atoms with Gasteiger partial charge in [-0.25, -0.2) is 0 Å². The molecule has 0 aliphatic carbocycles. The Kier molecular flexibility index (Phi) is 5.46. The van der Waals surface area contributed by atoms with E-state index in [0.717, 1.165) is 0 Å². The summed E-state index contributed by atoms with van der Waals surface area (Å²) in [5.41, 5.74) is 0. The van der Waals surface area contributed by atoms with Crippen molar-refractivity contribution in [1.29, 1.82) is 0 Å². The maximum atomic E-state index is 11.9. The van der Waals surface area contributed by atoms with E-state index in [4.69, 9.17) is 0 Å². The predicted octanol–water partition coefficient (Wildman–Crippen LogP) is 1.13. The molecule has 1 fully saturated rings. The van der Waals surface area contributed by atoms with Crippen molar-refractivity contribution in [3.05, 3.63) is 0 Å². The Morgan fingerprint density at radius 3 is 2.71 bits per heavy atom.